The van der Waals surface area contributed by atoms with Crippen LogP contribution >= 0.6 is 0 Å². The van der Waals surface area contributed by atoms with Crippen molar-refractivity contribution in [1.29, 1.82) is 0 Å². The molecular formula is C19H18O5. The highest BCUT2D eigenvalue weighted by molar-refractivity contribution is 5.96. The van der Waals surface area contributed by atoms with Gasteiger partial charge in [0.05, 0.1) is 12.2 Å². The monoisotopic (exact) mass is 326 g/mol. The second-order valence-electron chi connectivity index (χ2n) is 5.39. The predicted molar refractivity (Wildman–Crippen MR) is 87.7 cm³/mol. The van der Waals surface area contributed by atoms with Crippen molar-refractivity contribution in [3.63, 3.8) is 0 Å². The quantitative estimate of drug-likeness (QED) is 0.463. The molecular weight excluding hydrogens is 308 g/mol. The number of esters is 1. The molecule has 0 amide bonds. The highest BCUT2D eigenvalue weighted by atomic mass is 16.6. The van der Waals surface area contributed by atoms with Crippen LogP contribution in [0.25, 0.3) is 0 Å². The largest absolute Gasteiger partial charge is 0.486 e. The molecule has 0 bridgehead atoms. The Labute approximate surface area is 140 Å². The van der Waals surface area contributed by atoms with Crippen LogP contribution in [0.2, 0.25) is 0 Å². The van der Waals surface area contributed by atoms with Crippen molar-refractivity contribution in [3.8, 4) is 11.5 Å². The Morgan fingerprint density at radius 2 is 1.67 bits per heavy atom. The van der Waals surface area contributed by atoms with E-state index >= 15 is 0 Å². The molecule has 0 radical (unpaired) electrons. The highest BCUT2D eigenvalue weighted by Crippen LogP contribution is 2.30. The van der Waals surface area contributed by atoms with Gasteiger partial charge in [-0.3, -0.25) is 4.79 Å². The molecule has 1 aliphatic rings. The molecule has 124 valence electrons. The zero-order valence-corrected chi connectivity index (χ0v) is 13.2. The van der Waals surface area contributed by atoms with Gasteiger partial charge in [-0.25, -0.2) is 4.79 Å². The molecule has 3 rings (SSSR count). The normalized spacial score (nSPS) is 12.5. The molecule has 0 aliphatic carbocycles. The zero-order valence-electron chi connectivity index (χ0n) is 13.2. The minimum atomic E-state index is -0.431. The molecule has 0 unspecified atom stereocenters. The zero-order chi connectivity index (χ0) is 16.8. The SMILES string of the molecule is O=C(CCCOC(=O)c1ccc2c(c1)OCCO2)c1ccccc1. The van der Waals surface area contributed by atoms with Gasteiger partial charge >= 0.3 is 5.97 Å². The lowest BCUT2D eigenvalue weighted by molar-refractivity contribution is 0.0493. The third-order valence-electron chi connectivity index (χ3n) is 3.65. The molecule has 5 nitrogen and oxygen atoms in total. The van der Waals surface area contributed by atoms with E-state index in [0.717, 1.165) is 0 Å². The van der Waals surface area contributed by atoms with E-state index in [4.69, 9.17) is 14.2 Å². The lowest BCUT2D eigenvalue weighted by atomic mass is 10.1. The highest BCUT2D eigenvalue weighted by Gasteiger charge is 2.15. The summed E-state index contributed by atoms with van der Waals surface area (Å²) in [6.45, 7) is 1.17. The first-order chi connectivity index (χ1) is 11.7. The number of benzene rings is 2. The lowest BCUT2D eigenvalue weighted by Gasteiger charge is -2.18. The summed E-state index contributed by atoms with van der Waals surface area (Å²) in [5, 5.41) is 0. The topological polar surface area (TPSA) is 61.8 Å². The molecule has 0 atom stereocenters. The lowest BCUT2D eigenvalue weighted by Crippen LogP contribution is -2.16. The van der Waals surface area contributed by atoms with Gasteiger partial charge in [-0.05, 0) is 24.6 Å². The molecule has 2 aromatic rings. The molecule has 24 heavy (non-hydrogen) atoms. The molecule has 1 aliphatic heterocycles. The third kappa shape index (κ3) is 3.93. The fourth-order valence-corrected chi connectivity index (χ4v) is 2.42. The maximum atomic E-state index is 12.0. The Kier molecular flexibility index (Phi) is 5.11. The predicted octanol–water partition coefficient (Wildman–Crippen LogP) is 3.28. The third-order valence-corrected chi connectivity index (χ3v) is 3.65. The molecule has 5 heteroatoms. The van der Waals surface area contributed by atoms with Crippen LogP contribution in [-0.2, 0) is 4.74 Å². The minimum Gasteiger partial charge on any atom is -0.486 e. The van der Waals surface area contributed by atoms with E-state index in [1.807, 2.05) is 18.2 Å². The van der Waals surface area contributed by atoms with E-state index in [1.54, 1.807) is 30.3 Å². The van der Waals surface area contributed by atoms with Crippen molar-refractivity contribution in [2.45, 2.75) is 12.8 Å². The molecule has 0 saturated carbocycles. The molecule has 0 saturated heterocycles. The molecule has 0 fully saturated rings. The summed E-state index contributed by atoms with van der Waals surface area (Å²) in [6.07, 6.45) is 0.836. The van der Waals surface area contributed by atoms with Gasteiger partial charge in [0, 0.05) is 12.0 Å². The number of ketones is 1. The Morgan fingerprint density at radius 1 is 0.917 bits per heavy atom. The molecule has 0 aromatic heterocycles. The molecule has 2 aromatic carbocycles. The van der Waals surface area contributed by atoms with Crippen LogP contribution in [0, 0.1) is 0 Å². The fraction of sp³-hybridized carbons (Fsp3) is 0.263. The van der Waals surface area contributed by atoms with E-state index in [1.165, 1.54) is 0 Å². The summed E-state index contributed by atoms with van der Waals surface area (Å²) < 4.78 is 16.1. The van der Waals surface area contributed by atoms with E-state index in [9.17, 15) is 9.59 Å². The maximum Gasteiger partial charge on any atom is 0.338 e. The van der Waals surface area contributed by atoms with Crippen molar-refractivity contribution in [3.05, 3.63) is 59.7 Å². The first-order valence-corrected chi connectivity index (χ1v) is 7.89. The Morgan fingerprint density at radius 3 is 2.46 bits per heavy atom. The van der Waals surface area contributed by atoms with Crippen molar-refractivity contribution in [2.75, 3.05) is 19.8 Å². The summed E-state index contributed by atoms with van der Waals surface area (Å²) in [5.41, 5.74) is 1.09. The van der Waals surface area contributed by atoms with Crippen molar-refractivity contribution >= 4 is 11.8 Å². The standard InChI is InChI=1S/C19H18O5/c20-16(14-5-2-1-3-6-14)7-4-10-24-19(21)15-8-9-17-18(13-15)23-12-11-22-17/h1-3,5-6,8-9,13H,4,7,10-12H2. The average molecular weight is 326 g/mol. The van der Waals surface area contributed by atoms with Crippen LogP contribution < -0.4 is 9.47 Å². The number of fused-ring (bicyclic) bond motifs is 1. The van der Waals surface area contributed by atoms with Gasteiger partial charge in [0.25, 0.3) is 0 Å². The smallest absolute Gasteiger partial charge is 0.338 e. The van der Waals surface area contributed by atoms with Crippen LogP contribution in [0.3, 0.4) is 0 Å². The number of hydrogen-bond acceptors (Lipinski definition) is 5. The number of Topliss-reactive ketones (excluding diaryl/α,β-unsaturated/α-hetero) is 1. The van der Waals surface area contributed by atoms with Gasteiger partial charge in [-0.15, -0.1) is 0 Å². The van der Waals surface area contributed by atoms with Gasteiger partial charge in [-0.2, -0.15) is 0 Å². The Hall–Kier alpha value is -2.82. The van der Waals surface area contributed by atoms with Crippen molar-refractivity contribution in [1.82, 2.24) is 0 Å². The summed E-state index contributed by atoms with van der Waals surface area (Å²) >= 11 is 0. The Bertz CT molecular complexity index is 724. The van der Waals surface area contributed by atoms with E-state index in [0.29, 0.717) is 48.7 Å². The number of ether oxygens (including phenoxy) is 3. The maximum absolute atomic E-state index is 12.0. The first-order valence-electron chi connectivity index (χ1n) is 7.89. The fourth-order valence-electron chi connectivity index (χ4n) is 2.42. The summed E-state index contributed by atoms with van der Waals surface area (Å²) in [6, 6.07) is 14.0. The molecule has 0 N–H and O–H groups in total. The van der Waals surface area contributed by atoms with Gasteiger partial charge in [-0.1, -0.05) is 30.3 Å². The number of hydrogen-bond donors (Lipinski definition) is 0. The average Bonchev–Trinajstić information content (AvgIpc) is 2.65. The summed E-state index contributed by atoms with van der Waals surface area (Å²) in [5.74, 6) is 0.798. The summed E-state index contributed by atoms with van der Waals surface area (Å²) in [4.78, 5) is 24.0. The minimum absolute atomic E-state index is 0.0472. The van der Waals surface area contributed by atoms with Gasteiger partial charge in [0.2, 0.25) is 0 Å². The van der Waals surface area contributed by atoms with E-state index in [2.05, 4.69) is 0 Å². The number of carbonyl (C=O) groups excluding carboxylic acids is 2. The van der Waals surface area contributed by atoms with Crippen LogP contribution in [0.4, 0.5) is 0 Å². The molecule has 0 spiro atoms. The second-order valence-corrected chi connectivity index (χ2v) is 5.39. The van der Waals surface area contributed by atoms with Gasteiger partial charge < -0.3 is 14.2 Å². The van der Waals surface area contributed by atoms with Crippen LogP contribution in [0.1, 0.15) is 33.6 Å². The Balaban J connectivity index is 1.47. The van der Waals surface area contributed by atoms with Crippen LogP contribution in [-0.4, -0.2) is 31.6 Å². The van der Waals surface area contributed by atoms with Crippen LogP contribution in [0.15, 0.2) is 48.5 Å². The van der Waals surface area contributed by atoms with E-state index < -0.39 is 5.97 Å². The second kappa shape index (κ2) is 7.64. The van der Waals surface area contributed by atoms with Crippen LogP contribution in [0.5, 0.6) is 11.5 Å². The van der Waals surface area contributed by atoms with Gasteiger partial charge in [0.1, 0.15) is 13.2 Å². The van der Waals surface area contributed by atoms with Crippen molar-refractivity contribution in [2.24, 2.45) is 0 Å². The van der Waals surface area contributed by atoms with E-state index in [-0.39, 0.29) is 12.4 Å². The number of rotatable bonds is 6. The molecule has 1 heterocycles. The van der Waals surface area contributed by atoms with Crippen molar-refractivity contribution < 1.29 is 23.8 Å². The van der Waals surface area contributed by atoms with Gasteiger partial charge in [0.15, 0.2) is 17.3 Å². The first kappa shape index (κ1) is 16.1. The summed E-state index contributed by atoms with van der Waals surface area (Å²) in [7, 11) is 0. The number of carbonyl (C=O) groups is 2.